The van der Waals surface area contributed by atoms with Crippen LogP contribution in [-0.4, -0.2) is 63.6 Å². The molecule has 26 heavy (non-hydrogen) atoms. The lowest BCUT2D eigenvalue weighted by Gasteiger charge is -2.15. The zero-order valence-corrected chi connectivity index (χ0v) is 13.9. The maximum absolute atomic E-state index is 11.5. The molecular weight excluding hydrogens is 352 g/mol. The van der Waals surface area contributed by atoms with Gasteiger partial charge in [0.15, 0.2) is 5.96 Å². The molecule has 0 heterocycles. The lowest BCUT2D eigenvalue weighted by Crippen LogP contribution is -2.43. The van der Waals surface area contributed by atoms with E-state index in [4.69, 9.17) is 20.7 Å². The molecule has 0 bridgehead atoms. The van der Waals surface area contributed by atoms with Crippen molar-refractivity contribution in [3.8, 4) is 0 Å². The lowest BCUT2D eigenvalue weighted by molar-refractivity contribution is -0.142. The third-order valence-electron chi connectivity index (χ3n) is 3.00. The summed E-state index contributed by atoms with van der Waals surface area (Å²) in [6, 6.07) is -1.20. The van der Waals surface area contributed by atoms with Crippen molar-refractivity contribution >= 4 is 35.7 Å². The minimum atomic E-state index is -1.27. The lowest BCUT2D eigenvalue weighted by atomic mass is 10.1. The van der Waals surface area contributed by atoms with Crippen molar-refractivity contribution in [2.45, 2.75) is 44.6 Å². The molecular formula is C14H22N4O8. The van der Waals surface area contributed by atoms with Crippen molar-refractivity contribution in [3.05, 3.63) is 0 Å². The van der Waals surface area contributed by atoms with Crippen molar-refractivity contribution in [2.24, 2.45) is 0 Å². The predicted molar refractivity (Wildman–Crippen MR) is 86.4 cm³/mol. The minimum absolute atomic E-state index is 0.0292. The van der Waals surface area contributed by atoms with Crippen LogP contribution in [0.15, 0.2) is 0 Å². The summed E-state index contributed by atoms with van der Waals surface area (Å²) < 4.78 is 0. The SMILES string of the molecule is N=C(NCCCC(NC(=O)CCC(=O)O)C(=O)O)NC(=O)CCC(=O)O. The van der Waals surface area contributed by atoms with Gasteiger partial charge >= 0.3 is 17.9 Å². The summed E-state index contributed by atoms with van der Waals surface area (Å²) in [6.45, 7) is 0.132. The molecule has 0 aromatic heterocycles. The molecule has 0 fully saturated rings. The van der Waals surface area contributed by atoms with E-state index in [1.54, 1.807) is 0 Å². The van der Waals surface area contributed by atoms with E-state index < -0.39 is 42.2 Å². The smallest absolute Gasteiger partial charge is 0.326 e. The van der Waals surface area contributed by atoms with Crippen LogP contribution < -0.4 is 16.0 Å². The molecule has 0 aromatic rings. The Balaban J connectivity index is 4.08. The van der Waals surface area contributed by atoms with Gasteiger partial charge in [0.1, 0.15) is 6.04 Å². The van der Waals surface area contributed by atoms with Crippen LogP contribution in [0.4, 0.5) is 0 Å². The van der Waals surface area contributed by atoms with E-state index in [1.165, 1.54) is 0 Å². The third kappa shape index (κ3) is 12.3. The molecule has 0 aromatic carbocycles. The molecule has 0 rings (SSSR count). The number of amides is 2. The van der Waals surface area contributed by atoms with Gasteiger partial charge in [0, 0.05) is 19.4 Å². The fourth-order valence-electron chi connectivity index (χ4n) is 1.73. The van der Waals surface area contributed by atoms with Crippen molar-refractivity contribution in [1.29, 1.82) is 5.41 Å². The highest BCUT2D eigenvalue weighted by atomic mass is 16.4. The zero-order valence-electron chi connectivity index (χ0n) is 13.9. The van der Waals surface area contributed by atoms with Crippen LogP contribution in [0.5, 0.6) is 0 Å². The molecule has 12 nitrogen and oxygen atoms in total. The molecule has 0 saturated heterocycles. The van der Waals surface area contributed by atoms with Crippen LogP contribution in [0.3, 0.4) is 0 Å². The van der Waals surface area contributed by atoms with Gasteiger partial charge in [-0.2, -0.15) is 0 Å². The maximum atomic E-state index is 11.5. The second kappa shape index (κ2) is 12.2. The van der Waals surface area contributed by atoms with Gasteiger partial charge in [-0.05, 0) is 12.8 Å². The van der Waals surface area contributed by atoms with Crippen LogP contribution in [0.1, 0.15) is 38.5 Å². The fourth-order valence-corrected chi connectivity index (χ4v) is 1.73. The standard InChI is InChI=1S/C14H22N4O8/c15-14(18-10(20)4-6-12(23)24)16-7-1-2-8(13(25)26)17-9(19)3-5-11(21)22/h8H,1-7H2,(H,17,19)(H,21,22)(H,23,24)(H,25,26)(H3,15,16,18,20). The molecule has 0 radical (unpaired) electrons. The van der Waals surface area contributed by atoms with Crippen LogP contribution in [0, 0.1) is 5.41 Å². The van der Waals surface area contributed by atoms with Gasteiger partial charge in [-0.25, -0.2) is 4.79 Å². The van der Waals surface area contributed by atoms with Crippen molar-refractivity contribution in [2.75, 3.05) is 6.54 Å². The summed E-state index contributed by atoms with van der Waals surface area (Å²) in [6.07, 6.45) is -1.10. The Morgan fingerprint density at radius 1 is 0.846 bits per heavy atom. The highest BCUT2D eigenvalue weighted by molar-refractivity contribution is 5.96. The van der Waals surface area contributed by atoms with Crippen molar-refractivity contribution in [1.82, 2.24) is 16.0 Å². The first-order chi connectivity index (χ1) is 12.1. The van der Waals surface area contributed by atoms with E-state index in [2.05, 4.69) is 16.0 Å². The number of nitrogens with one attached hydrogen (secondary N) is 4. The first kappa shape index (κ1) is 22.8. The maximum Gasteiger partial charge on any atom is 0.326 e. The molecule has 146 valence electrons. The Morgan fingerprint density at radius 2 is 1.38 bits per heavy atom. The number of hydrogen-bond acceptors (Lipinski definition) is 6. The highest BCUT2D eigenvalue weighted by Gasteiger charge is 2.19. The fraction of sp³-hybridized carbons (Fsp3) is 0.571. The van der Waals surface area contributed by atoms with E-state index >= 15 is 0 Å². The first-order valence-electron chi connectivity index (χ1n) is 7.69. The largest absolute Gasteiger partial charge is 0.481 e. The Morgan fingerprint density at radius 3 is 1.88 bits per heavy atom. The average Bonchev–Trinajstić information content (AvgIpc) is 2.53. The highest BCUT2D eigenvalue weighted by Crippen LogP contribution is 1.99. The monoisotopic (exact) mass is 374 g/mol. The Hall–Kier alpha value is -3.18. The molecule has 1 unspecified atom stereocenters. The summed E-state index contributed by atoms with van der Waals surface area (Å²) in [5.74, 6) is -5.25. The molecule has 0 saturated carbocycles. The minimum Gasteiger partial charge on any atom is -0.481 e. The van der Waals surface area contributed by atoms with Crippen molar-refractivity contribution in [3.63, 3.8) is 0 Å². The second-order valence-corrected chi connectivity index (χ2v) is 5.24. The summed E-state index contributed by atoms with van der Waals surface area (Å²) in [4.78, 5) is 54.5. The topological polar surface area (TPSA) is 206 Å². The number of carboxylic acid groups (broad SMARTS) is 3. The van der Waals surface area contributed by atoms with Crippen LogP contribution >= 0.6 is 0 Å². The number of rotatable bonds is 12. The van der Waals surface area contributed by atoms with Gasteiger partial charge in [0.25, 0.3) is 0 Å². The molecule has 0 aliphatic rings. The van der Waals surface area contributed by atoms with E-state index in [-0.39, 0.29) is 44.6 Å². The third-order valence-corrected chi connectivity index (χ3v) is 3.00. The van der Waals surface area contributed by atoms with Crippen molar-refractivity contribution < 1.29 is 39.3 Å². The summed E-state index contributed by atoms with van der Waals surface area (Å²) >= 11 is 0. The normalized spacial score (nSPS) is 11.1. The zero-order chi connectivity index (χ0) is 20.1. The molecule has 2 amide bonds. The molecule has 7 N–H and O–H groups in total. The summed E-state index contributed by atoms with van der Waals surface area (Å²) in [7, 11) is 0. The number of aliphatic carboxylic acids is 3. The molecule has 12 heteroatoms. The Labute approximate surface area is 148 Å². The van der Waals surface area contributed by atoms with Gasteiger partial charge in [-0.3, -0.25) is 29.9 Å². The van der Waals surface area contributed by atoms with Crippen LogP contribution in [0.25, 0.3) is 0 Å². The quantitative estimate of drug-likeness (QED) is 0.123. The number of carbonyl (C=O) groups excluding carboxylic acids is 2. The van der Waals surface area contributed by atoms with Crippen LogP contribution in [-0.2, 0) is 24.0 Å². The predicted octanol–water partition coefficient (Wildman–Crippen LogP) is -1.29. The summed E-state index contributed by atoms with van der Waals surface area (Å²) in [5, 5.41) is 40.2. The number of hydrogen-bond donors (Lipinski definition) is 7. The van der Waals surface area contributed by atoms with Gasteiger partial charge < -0.3 is 26.0 Å². The summed E-state index contributed by atoms with van der Waals surface area (Å²) in [5.41, 5.74) is 0. The molecule has 1 atom stereocenters. The van der Waals surface area contributed by atoms with Gasteiger partial charge in [0.05, 0.1) is 12.8 Å². The Kier molecular flexibility index (Phi) is 10.7. The molecule has 0 aliphatic carbocycles. The van der Waals surface area contributed by atoms with Gasteiger partial charge in [-0.1, -0.05) is 0 Å². The second-order valence-electron chi connectivity index (χ2n) is 5.24. The Bertz CT molecular complexity index is 563. The number of guanidine groups is 1. The number of carbonyl (C=O) groups is 5. The molecule has 0 aliphatic heterocycles. The van der Waals surface area contributed by atoms with E-state index in [1.807, 2.05) is 0 Å². The van der Waals surface area contributed by atoms with Gasteiger partial charge in [-0.15, -0.1) is 0 Å². The van der Waals surface area contributed by atoms with Crippen LogP contribution in [0.2, 0.25) is 0 Å². The average molecular weight is 374 g/mol. The van der Waals surface area contributed by atoms with E-state index in [0.29, 0.717) is 0 Å². The molecule has 0 spiro atoms. The van der Waals surface area contributed by atoms with Gasteiger partial charge in [0.2, 0.25) is 11.8 Å². The first-order valence-corrected chi connectivity index (χ1v) is 7.69. The number of carboxylic acids is 3. The van der Waals surface area contributed by atoms with E-state index in [0.717, 1.165) is 0 Å². The van der Waals surface area contributed by atoms with E-state index in [9.17, 15) is 24.0 Å².